The van der Waals surface area contributed by atoms with Gasteiger partial charge in [-0.2, -0.15) is 5.26 Å². The van der Waals surface area contributed by atoms with Crippen molar-refractivity contribution in [1.29, 1.82) is 5.26 Å². The molecule has 0 unspecified atom stereocenters. The predicted octanol–water partition coefficient (Wildman–Crippen LogP) is 5.05. The van der Waals surface area contributed by atoms with Crippen molar-refractivity contribution >= 4 is 0 Å². The van der Waals surface area contributed by atoms with E-state index in [1.54, 1.807) is 0 Å². The van der Waals surface area contributed by atoms with Gasteiger partial charge in [-0.3, -0.25) is 0 Å². The molecule has 1 nitrogen and oxygen atoms in total. The van der Waals surface area contributed by atoms with Crippen molar-refractivity contribution in [2.75, 3.05) is 0 Å². The molecule has 0 saturated carbocycles. The van der Waals surface area contributed by atoms with Gasteiger partial charge in [-0.25, -0.2) is 0 Å². The average molecular weight is 263 g/mol. The van der Waals surface area contributed by atoms with Gasteiger partial charge in [0.25, 0.3) is 0 Å². The summed E-state index contributed by atoms with van der Waals surface area (Å²) in [6, 6.07) is 23.2. The summed E-state index contributed by atoms with van der Waals surface area (Å²) in [4.78, 5) is 0. The predicted molar refractivity (Wildman–Crippen MR) is 83.5 cm³/mol. The third-order valence-corrected chi connectivity index (χ3v) is 4.17. The highest BCUT2D eigenvalue weighted by Crippen LogP contribution is 2.42. The van der Waals surface area contributed by atoms with Crippen molar-refractivity contribution in [2.24, 2.45) is 0 Å². The maximum atomic E-state index is 9.94. The van der Waals surface area contributed by atoms with Gasteiger partial charge in [0.1, 0.15) is 0 Å². The number of hydrogen-bond donors (Lipinski definition) is 0. The monoisotopic (exact) mass is 263 g/mol. The smallest absolute Gasteiger partial charge is 0.0887 e. The molecule has 20 heavy (non-hydrogen) atoms. The SMILES string of the molecule is CCC[C@@](C#N)(c1ccccc1)[C@@H](C)c1ccccc1. The fourth-order valence-corrected chi connectivity index (χ4v) is 2.98. The Hall–Kier alpha value is -2.07. The summed E-state index contributed by atoms with van der Waals surface area (Å²) in [5.41, 5.74) is 1.91. The first-order chi connectivity index (χ1) is 9.74. The maximum absolute atomic E-state index is 9.94. The summed E-state index contributed by atoms with van der Waals surface area (Å²) in [6.45, 7) is 4.31. The van der Waals surface area contributed by atoms with Crippen LogP contribution in [0.4, 0.5) is 0 Å². The van der Waals surface area contributed by atoms with E-state index in [-0.39, 0.29) is 5.92 Å². The van der Waals surface area contributed by atoms with Crippen LogP contribution in [0.25, 0.3) is 0 Å². The van der Waals surface area contributed by atoms with Gasteiger partial charge < -0.3 is 0 Å². The van der Waals surface area contributed by atoms with E-state index >= 15 is 0 Å². The Kier molecular flexibility index (Phi) is 4.58. The van der Waals surface area contributed by atoms with Gasteiger partial charge >= 0.3 is 0 Å². The highest BCUT2D eigenvalue weighted by atomic mass is 14.4. The van der Waals surface area contributed by atoms with Crippen LogP contribution in [0.5, 0.6) is 0 Å². The average Bonchev–Trinajstić information content (AvgIpc) is 2.54. The van der Waals surface area contributed by atoms with E-state index in [9.17, 15) is 5.26 Å². The van der Waals surface area contributed by atoms with Crippen LogP contribution < -0.4 is 0 Å². The lowest BCUT2D eigenvalue weighted by Crippen LogP contribution is -2.30. The zero-order valence-electron chi connectivity index (χ0n) is 12.2. The Labute approximate surface area is 121 Å². The first-order valence-corrected chi connectivity index (χ1v) is 7.26. The molecule has 0 aliphatic carbocycles. The quantitative estimate of drug-likeness (QED) is 0.740. The molecule has 0 N–H and O–H groups in total. The second-order valence-electron chi connectivity index (χ2n) is 5.33. The van der Waals surface area contributed by atoms with Crippen LogP contribution in [0.15, 0.2) is 60.7 Å². The van der Waals surface area contributed by atoms with Crippen LogP contribution in [-0.2, 0) is 5.41 Å². The van der Waals surface area contributed by atoms with Crippen molar-refractivity contribution in [1.82, 2.24) is 0 Å². The van der Waals surface area contributed by atoms with E-state index in [2.05, 4.69) is 44.2 Å². The molecule has 0 saturated heterocycles. The molecule has 0 bridgehead atoms. The van der Waals surface area contributed by atoms with Crippen LogP contribution in [0, 0.1) is 11.3 Å². The Morgan fingerprint density at radius 3 is 2.05 bits per heavy atom. The highest BCUT2D eigenvalue weighted by Gasteiger charge is 2.38. The Morgan fingerprint density at radius 1 is 1.00 bits per heavy atom. The van der Waals surface area contributed by atoms with Crippen molar-refractivity contribution in [3.05, 3.63) is 71.8 Å². The van der Waals surface area contributed by atoms with E-state index in [1.807, 2.05) is 36.4 Å². The largest absolute Gasteiger partial charge is 0.197 e. The molecule has 102 valence electrons. The lowest BCUT2D eigenvalue weighted by Gasteiger charge is -2.33. The Morgan fingerprint density at radius 2 is 1.55 bits per heavy atom. The first-order valence-electron chi connectivity index (χ1n) is 7.26. The van der Waals surface area contributed by atoms with E-state index in [4.69, 9.17) is 0 Å². The Balaban J connectivity index is 2.50. The minimum absolute atomic E-state index is 0.177. The van der Waals surface area contributed by atoms with Crippen molar-refractivity contribution < 1.29 is 0 Å². The summed E-state index contributed by atoms with van der Waals surface area (Å²) in [6.07, 6.45) is 1.88. The molecule has 0 amide bonds. The zero-order chi connectivity index (χ0) is 14.4. The minimum atomic E-state index is -0.447. The van der Waals surface area contributed by atoms with Crippen molar-refractivity contribution in [3.8, 4) is 6.07 Å². The fourth-order valence-electron chi connectivity index (χ4n) is 2.98. The van der Waals surface area contributed by atoms with Gasteiger partial charge in [0.2, 0.25) is 0 Å². The van der Waals surface area contributed by atoms with Gasteiger partial charge in [-0.1, -0.05) is 80.9 Å². The van der Waals surface area contributed by atoms with Gasteiger partial charge in [-0.05, 0) is 17.5 Å². The highest BCUT2D eigenvalue weighted by molar-refractivity contribution is 5.39. The zero-order valence-corrected chi connectivity index (χ0v) is 12.2. The molecule has 0 spiro atoms. The first kappa shape index (κ1) is 14.3. The number of nitriles is 1. The number of nitrogens with zero attached hydrogens (tertiary/aromatic N) is 1. The summed E-state index contributed by atoms with van der Waals surface area (Å²) in [5.74, 6) is 0.177. The molecule has 2 rings (SSSR count). The summed E-state index contributed by atoms with van der Waals surface area (Å²) >= 11 is 0. The van der Waals surface area contributed by atoms with E-state index in [0.29, 0.717) is 0 Å². The van der Waals surface area contributed by atoms with Crippen LogP contribution in [0.3, 0.4) is 0 Å². The molecule has 2 aromatic carbocycles. The van der Waals surface area contributed by atoms with E-state index < -0.39 is 5.41 Å². The van der Waals surface area contributed by atoms with Gasteiger partial charge in [0, 0.05) is 5.92 Å². The molecule has 1 heteroatoms. The molecule has 0 radical (unpaired) electrons. The van der Waals surface area contributed by atoms with Crippen LogP contribution in [0.1, 0.15) is 43.7 Å². The standard InChI is InChI=1S/C19H21N/c1-3-14-19(15-20,18-12-8-5-9-13-18)16(2)17-10-6-4-7-11-17/h4-13,16H,3,14H2,1-2H3/t16-,19-/m0/s1. The van der Waals surface area contributed by atoms with Crippen LogP contribution in [-0.4, -0.2) is 0 Å². The summed E-state index contributed by atoms with van der Waals surface area (Å²) in [7, 11) is 0. The summed E-state index contributed by atoms with van der Waals surface area (Å²) < 4.78 is 0. The molecule has 2 aromatic rings. The summed E-state index contributed by atoms with van der Waals surface area (Å²) in [5, 5.41) is 9.94. The second-order valence-corrected chi connectivity index (χ2v) is 5.33. The molecule has 2 atom stereocenters. The fraction of sp³-hybridized carbons (Fsp3) is 0.316. The molecule has 0 aromatic heterocycles. The normalized spacial score (nSPS) is 15.1. The van der Waals surface area contributed by atoms with E-state index in [0.717, 1.165) is 18.4 Å². The van der Waals surface area contributed by atoms with Gasteiger partial charge in [0.15, 0.2) is 0 Å². The number of hydrogen-bond acceptors (Lipinski definition) is 1. The molecule has 0 aliphatic rings. The van der Waals surface area contributed by atoms with E-state index in [1.165, 1.54) is 5.56 Å². The van der Waals surface area contributed by atoms with Gasteiger partial charge in [0.05, 0.1) is 11.5 Å². The third-order valence-electron chi connectivity index (χ3n) is 4.17. The van der Waals surface area contributed by atoms with Crippen molar-refractivity contribution in [3.63, 3.8) is 0 Å². The van der Waals surface area contributed by atoms with Crippen molar-refractivity contribution in [2.45, 2.75) is 38.0 Å². The van der Waals surface area contributed by atoms with Crippen LogP contribution >= 0.6 is 0 Å². The van der Waals surface area contributed by atoms with Crippen LogP contribution in [0.2, 0.25) is 0 Å². The minimum Gasteiger partial charge on any atom is -0.197 e. The molecule has 0 heterocycles. The molecular weight excluding hydrogens is 242 g/mol. The van der Waals surface area contributed by atoms with Gasteiger partial charge in [-0.15, -0.1) is 0 Å². The lowest BCUT2D eigenvalue weighted by atomic mass is 9.67. The number of benzene rings is 2. The maximum Gasteiger partial charge on any atom is 0.0887 e. The molecule has 0 aliphatic heterocycles. The molecular formula is C19H21N. The third kappa shape index (κ3) is 2.60. The second kappa shape index (κ2) is 6.39. The topological polar surface area (TPSA) is 23.8 Å². The Bertz CT molecular complexity index is 568. The lowest BCUT2D eigenvalue weighted by molar-refractivity contribution is 0.422. The number of rotatable bonds is 5. The molecule has 0 fully saturated rings.